The van der Waals surface area contributed by atoms with Crippen LogP contribution in [0.4, 0.5) is 0 Å². The van der Waals surface area contributed by atoms with Gasteiger partial charge in [0.1, 0.15) is 0 Å². The van der Waals surface area contributed by atoms with E-state index < -0.39 is 5.97 Å². The fourth-order valence-electron chi connectivity index (χ4n) is 1.18. The molecule has 0 radical (unpaired) electrons. The molecule has 0 spiro atoms. The van der Waals surface area contributed by atoms with Gasteiger partial charge in [-0.15, -0.1) is 0 Å². The molecule has 13 heavy (non-hydrogen) atoms. The molecule has 0 saturated carbocycles. The molecule has 0 bridgehead atoms. The van der Waals surface area contributed by atoms with Gasteiger partial charge in [-0.25, -0.2) is 4.98 Å². The highest BCUT2D eigenvalue weighted by Crippen LogP contribution is 2.03. The largest absolute Gasteiger partial charge is 0.481 e. The van der Waals surface area contributed by atoms with Crippen molar-refractivity contribution in [2.75, 3.05) is 0 Å². The van der Waals surface area contributed by atoms with Gasteiger partial charge in [-0.05, 0) is 6.42 Å². The number of carboxylic acid groups (broad SMARTS) is 1. The van der Waals surface area contributed by atoms with Crippen molar-refractivity contribution in [1.82, 2.24) is 9.55 Å². The molecule has 1 N–H and O–H groups in total. The van der Waals surface area contributed by atoms with Crippen molar-refractivity contribution in [3.05, 3.63) is 18.2 Å². The molecule has 0 aromatic carbocycles. The number of rotatable bonds is 5. The molecular formula is C9H14N2O2. The molecule has 72 valence electrons. The summed E-state index contributed by atoms with van der Waals surface area (Å²) < 4.78 is 1.90. The Morgan fingerprint density at radius 2 is 2.46 bits per heavy atom. The Labute approximate surface area is 77.2 Å². The maximum absolute atomic E-state index is 10.5. The highest BCUT2D eigenvalue weighted by atomic mass is 16.4. The van der Waals surface area contributed by atoms with E-state index in [2.05, 4.69) is 11.9 Å². The van der Waals surface area contributed by atoms with Gasteiger partial charge in [0.25, 0.3) is 0 Å². The number of carbonyl (C=O) groups is 1. The van der Waals surface area contributed by atoms with Crippen molar-refractivity contribution in [1.29, 1.82) is 0 Å². The molecule has 4 heteroatoms. The second-order valence-corrected chi connectivity index (χ2v) is 3.00. The standard InChI is InChI=1S/C9H14N2O2/c1-2-3-4-11-7-10-6-8(11)5-9(12)13/h6-7H,2-5H2,1H3,(H,12,13). The van der Waals surface area contributed by atoms with E-state index in [1.54, 1.807) is 12.5 Å². The van der Waals surface area contributed by atoms with Gasteiger partial charge in [0.15, 0.2) is 0 Å². The Balaban J connectivity index is 2.60. The number of carboxylic acids is 1. The van der Waals surface area contributed by atoms with E-state index >= 15 is 0 Å². The lowest BCUT2D eigenvalue weighted by molar-refractivity contribution is -0.136. The molecule has 0 amide bonds. The van der Waals surface area contributed by atoms with Crippen molar-refractivity contribution in [3.8, 4) is 0 Å². The van der Waals surface area contributed by atoms with Crippen LogP contribution >= 0.6 is 0 Å². The number of nitrogens with zero attached hydrogens (tertiary/aromatic N) is 2. The van der Waals surface area contributed by atoms with Gasteiger partial charge in [0.05, 0.1) is 12.7 Å². The van der Waals surface area contributed by atoms with Crippen LogP contribution in [-0.4, -0.2) is 20.6 Å². The minimum absolute atomic E-state index is 0.0592. The SMILES string of the molecule is CCCCn1cncc1CC(=O)O. The molecule has 1 aromatic rings. The summed E-state index contributed by atoms with van der Waals surface area (Å²) >= 11 is 0. The zero-order valence-electron chi connectivity index (χ0n) is 7.73. The maximum Gasteiger partial charge on any atom is 0.309 e. The fourth-order valence-corrected chi connectivity index (χ4v) is 1.18. The van der Waals surface area contributed by atoms with E-state index in [1.807, 2.05) is 4.57 Å². The molecule has 0 atom stereocenters. The number of hydrogen-bond donors (Lipinski definition) is 1. The summed E-state index contributed by atoms with van der Waals surface area (Å²) in [5.74, 6) is -0.807. The Bertz CT molecular complexity index is 281. The number of aromatic nitrogens is 2. The van der Waals surface area contributed by atoms with Crippen molar-refractivity contribution in [2.24, 2.45) is 0 Å². The average Bonchev–Trinajstić information content (AvgIpc) is 2.48. The topological polar surface area (TPSA) is 55.1 Å². The van der Waals surface area contributed by atoms with Gasteiger partial charge in [-0.3, -0.25) is 4.79 Å². The summed E-state index contributed by atoms with van der Waals surface area (Å²) in [6, 6.07) is 0. The molecule has 0 unspecified atom stereocenters. The predicted molar refractivity (Wildman–Crippen MR) is 48.5 cm³/mol. The zero-order valence-corrected chi connectivity index (χ0v) is 7.73. The van der Waals surface area contributed by atoms with Crippen molar-refractivity contribution in [3.63, 3.8) is 0 Å². The van der Waals surface area contributed by atoms with Gasteiger partial charge < -0.3 is 9.67 Å². The molecule has 1 rings (SSSR count). The second kappa shape index (κ2) is 4.64. The summed E-state index contributed by atoms with van der Waals surface area (Å²) in [6.45, 7) is 2.97. The van der Waals surface area contributed by atoms with E-state index in [0.29, 0.717) is 0 Å². The van der Waals surface area contributed by atoms with Crippen molar-refractivity contribution >= 4 is 5.97 Å². The first-order valence-corrected chi connectivity index (χ1v) is 4.45. The van der Waals surface area contributed by atoms with Gasteiger partial charge in [0.2, 0.25) is 0 Å². The van der Waals surface area contributed by atoms with Gasteiger partial charge in [-0.1, -0.05) is 13.3 Å². The van der Waals surface area contributed by atoms with E-state index in [9.17, 15) is 4.79 Å². The highest BCUT2D eigenvalue weighted by Gasteiger charge is 2.05. The molecular weight excluding hydrogens is 168 g/mol. The number of unbranched alkanes of at least 4 members (excludes halogenated alkanes) is 1. The van der Waals surface area contributed by atoms with Crippen LogP contribution in [0, 0.1) is 0 Å². The average molecular weight is 182 g/mol. The second-order valence-electron chi connectivity index (χ2n) is 3.00. The summed E-state index contributed by atoms with van der Waals surface area (Å²) in [5, 5.41) is 8.59. The van der Waals surface area contributed by atoms with Gasteiger partial charge in [0, 0.05) is 18.4 Å². The maximum atomic E-state index is 10.5. The Morgan fingerprint density at radius 1 is 1.69 bits per heavy atom. The Morgan fingerprint density at radius 3 is 3.08 bits per heavy atom. The lowest BCUT2D eigenvalue weighted by atomic mass is 10.3. The van der Waals surface area contributed by atoms with Gasteiger partial charge >= 0.3 is 5.97 Å². The van der Waals surface area contributed by atoms with E-state index in [-0.39, 0.29) is 6.42 Å². The molecule has 0 aliphatic rings. The third-order valence-corrected chi connectivity index (χ3v) is 1.88. The minimum atomic E-state index is -0.807. The zero-order chi connectivity index (χ0) is 9.68. The molecule has 0 aliphatic carbocycles. The van der Waals surface area contributed by atoms with E-state index in [1.165, 1.54) is 0 Å². The van der Waals surface area contributed by atoms with Crippen LogP contribution < -0.4 is 0 Å². The third kappa shape index (κ3) is 2.89. The highest BCUT2D eigenvalue weighted by molar-refractivity contribution is 5.69. The van der Waals surface area contributed by atoms with Crippen LogP contribution in [0.1, 0.15) is 25.5 Å². The molecule has 0 fully saturated rings. The fraction of sp³-hybridized carbons (Fsp3) is 0.556. The number of aliphatic carboxylic acids is 1. The predicted octanol–water partition coefficient (Wildman–Crippen LogP) is 1.31. The molecule has 0 saturated heterocycles. The van der Waals surface area contributed by atoms with Gasteiger partial charge in [-0.2, -0.15) is 0 Å². The first kappa shape index (κ1) is 9.77. The first-order chi connectivity index (χ1) is 6.24. The molecule has 4 nitrogen and oxygen atoms in total. The van der Waals surface area contributed by atoms with Crippen molar-refractivity contribution in [2.45, 2.75) is 32.7 Å². The van der Waals surface area contributed by atoms with Crippen LogP contribution in [-0.2, 0) is 17.8 Å². The van der Waals surface area contributed by atoms with Crippen LogP contribution in [0.5, 0.6) is 0 Å². The van der Waals surface area contributed by atoms with Crippen LogP contribution in [0.25, 0.3) is 0 Å². The van der Waals surface area contributed by atoms with Crippen LogP contribution in [0.3, 0.4) is 0 Å². The number of hydrogen-bond acceptors (Lipinski definition) is 2. The Hall–Kier alpha value is -1.32. The third-order valence-electron chi connectivity index (χ3n) is 1.88. The number of imidazole rings is 1. The summed E-state index contributed by atoms with van der Waals surface area (Å²) in [6.07, 6.45) is 5.52. The molecule has 0 aliphatic heterocycles. The van der Waals surface area contributed by atoms with E-state index in [4.69, 9.17) is 5.11 Å². The lowest BCUT2D eigenvalue weighted by Gasteiger charge is -2.04. The monoisotopic (exact) mass is 182 g/mol. The number of aryl methyl sites for hydroxylation is 1. The minimum Gasteiger partial charge on any atom is -0.481 e. The lowest BCUT2D eigenvalue weighted by Crippen LogP contribution is -2.07. The molecule has 1 heterocycles. The summed E-state index contributed by atoms with van der Waals surface area (Å²) in [4.78, 5) is 14.4. The van der Waals surface area contributed by atoms with Crippen molar-refractivity contribution < 1.29 is 9.90 Å². The Kier molecular flexibility index (Phi) is 3.49. The summed E-state index contributed by atoms with van der Waals surface area (Å²) in [5.41, 5.74) is 0.779. The quantitative estimate of drug-likeness (QED) is 0.747. The van der Waals surface area contributed by atoms with Crippen LogP contribution in [0.2, 0.25) is 0 Å². The van der Waals surface area contributed by atoms with Crippen LogP contribution in [0.15, 0.2) is 12.5 Å². The first-order valence-electron chi connectivity index (χ1n) is 4.45. The molecule has 1 aromatic heterocycles. The normalized spacial score (nSPS) is 10.2. The smallest absolute Gasteiger partial charge is 0.309 e. The summed E-state index contributed by atoms with van der Waals surface area (Å²) in [7, 11) is 0. The van der Waals surface area contributed by atoms with E-state index in [0.717, 1.165) is 25.1 Å².